The molecule has 1 heterocycles. The summed E-state index contributed by atoms with van der Waals surface area (Å²) in [4.78, 5) is 24.2. The molecule has 0 fully saturated rings. The molecule has 1 aromatic carbocycles. The fourth-order valence-corrected chi connectivity index (χ4v) is 1.79. The molecule has 0 aromatic heterocycles. The monoisotopic (exact) mass is 235 g/mol. The summed E-state index contributed by atoms with van der Waals surface area (Å²) >= 11 is 0. The van der Waals surface area contributed by atoms with Gasteiger partial charge in [0.15, 0.2) is 0 Å². The Kier molecular flexibility index (Phi) is 2.99. The van der Waals surface area contributed by atoms with E-state index in [9.17, 15) is 9.59 Å². The Morgan fingerprint density at radius 2 is 2.18 bits per heavy atom. The lowest BCUT2D eigenvalue weighted by molar-refractivity contribution is -0.145. The molecular weight excluding hydrogens is 222 g/mol. The van der Waals surface area contributed by atoms with Gasteiger partial charge in [0.05, 0.1) is 12.2 Å². The summed E-state index contributed by atoms with van der Waals surface area (Å²) in [6.07, 6.45) is -0.666. The van der Waals surface area contributed by atoms with Gasteiger partial charge in [-0.25, -0.2) is 4.79 Å². The molecule has 1 atom stereocenters. The van der Waals surface area contributed by atoms with Crippen LogP contribution in [0.1, 0.15) is 13.3 Å². The van der Waals surface area contributed by atoms with Crippen LogP contribution in [0.4, 0.5) is 5.69 Å². The van der Waals surface area contributed by atoms with Crippen molar-refractivity contribution in [1.82, 2.24) is 0 Å². The van der Waals surface area contributed by atoms with Gasteiger partial charge in [0, 0.05) is 6.42 Å². The number of hydrogen-bond donors (Lipinski definition) is 1. The second kappa shape index (κ2) is 4.45. The first kappa shape index (κ1) is 11.4. The molecule has 17 heavy (non-hydrogen) atoms. The van der Waals surface area contributed by atoms with Crippen molar-refractivity contribution in [3.63, 3.8) is 0 Å². The van der Waals surface area contributed by atoms with Gasteiger partial charge in [-0.15, -0.1) is 0 Å². The van der Waals surface area contributed by atoms with E-state index in [-0.39, 0.29) is 12.5 Å². The third-order valence-electron chi connectivity index (χ3n) is 2.65. The molecule has 1 N–H and O–H groups in total. The van der Waals surface area contributed by atoms with Crippen LogP contribution in [0.15, 0.2) is 24.3 Å². The molecule has 0 bridgehead atoms. The second-order valence-electron chi connectivity index (χ2n) is 3.77. The van der Waals surface area contributed by atoms with Gasteiger partial charge in [-0.05, 0) is 12.1 Å². The summed E-state index contributed by atoms with van der Waals surface area (Å²) < 4.78 is 5.32. The van der Waals surface area contributed by atoms with Crippen molar-refractivity contribution in [2.24, 2.45) is 0 Å². The van der Waals surface area contributed by atoms with E-state index < -0.39 is 12.1 Å². The zero-order chi connectivity index (χ0) is 12.4. The Balaban J connectivity index is 2.39. The number of rotatable bonds is 2. The van der Waals surface area contributed by atoms with Crippen LogP contribution < -0.4 is 9.64 Å². The highest BCUT2D eigenvalue weighted by molar-refractivity contribution is 5.96. The summed E-state index contributed by atoms with van der Waals surface area (Å²) in [6.45, 7) is 1.80. The fraction of sp³-hybridized carbons (Fsp3) is 0.333. The number of aliphatic carboxylic acids is 1. The number of nitrogens with zero attached hydrogens (tertiary/aromatic N) is 1. The van der Waals surface area contributed by atoms with Crippen LogP contribution in [-0.2, 0) is 9.59 Å². The molecule has 5 nitrogen and oxygen atoms in total. The third kappa shape index (κ3) is 2.08. The first-order chi connectivity index (χ1) is 8.13. The Labute approximate surface area is 98.6 Å². The van der Waals surface area contributed by atoms with Crippen molar-refractivity contribution >= 4 is 17.6 Å². The number of benzene rings is 1. The number of carbonyl (C=O) groups is 2. The fourth-order valence-electron chi connectivity index (χ4n) is 1.79. The molecule has 0 saturated carbocycles. The van der Waals surface area contributed by atoms with Crippen LogP contribution in [0.3, 0.4) is 0 Å². The molecule has 0 unspecified atom stereocenters. The lowest BCUT2D eigenvalue weighted by Gasteiger charge is -2.32. The zero-order valence-electron chi connectivity index (χ0n) is 9.42. The summed E-state index contributed by atoms with van der Waals surface area (Å²) in [5.41, 5.74) is 0.636. The van der Waals surface area contributed by atoms with E-state index in [1.54, 1.807) is 31.2 Å². The highest BCUT2D eigenvalue weighted by atomic mass is 16.5. The van der Waals surface area contributed by atoms with Crippen molar-refractivity contribution in [3.8, 4) is 5.75 Å². The SMILES string of the molecule is CCC(=O)N1C[C@H](C(=O)O)Oc2ccccc21. The minimum atomic E-state index is -1.06. The Bertz CT molecular complexity index is 458. The predicted octanol–water partition coefficient (Wildman–Crippen LogP) is 1.28. The van der Waals surface area contributed by atoms with Crippen LogP contribution in [0.25, 0.3) is 0 Å². The summed E-state index contributed by atoms with van der Waals surface area (Å²) in [5, 5.41) is 8.97. The Morgan fingerprint density at radius 1 is 1.47 bits per heavy atom. The standard InChI is InChI=1S/C12H13NO4/c1-2-11(14)13-7-10(12(15)16)17-9-6-4-3-5-8(9)13/h3-6,10H,2,7H2,1H3,(H,15,16)/t10-/m1/s1. The maximum Gasteiger partial charge on any atom is 0.346 e. The molecular formula is C12H13NO4. The molecule has 0 spiro atoms. The molecule has 2 rings (SSSR count). The summed E-state index contributed by atoms with van der Waals surface area (Å²) in [5.74, 6) is -0.728. The summed E-state index contributed by atoms with van der Waals surface area (Å²) in [7, 11) is 0. The second-order valence-corrected chi connectivity index (χ2v) is 3.77. The van der Waals surface area contributed by atoms with Gasteiger partial charge in [-0.1, -0.05) is 19.1 Å². The van der Waals surface area contributed by atoms with Crippen LogP contribution in [0.2, 0.25) is 0 Å². The van der Waals surface area contributed by atoms with E-state index >= 15 is 0 Å². The van der Waals surface area contributed by atoms with Crippen LogP contribution in [0.5, 0.6) is 5.75 Å². The smallest absolute Gasteiger partial charge is 0.346 e. The zero-order valence-corrected chi connectivity index (χ0v) is 9.42. The molecule has 1 amide bonds. The van der Waals surface area contributed by atoms with E-state index in [1.807, 2.05) is 0 Å². The van der Waals surface area contributed by atoms with Crippen molar-refractivity contribution in [2.75, 3.05) is 11.4 Å². The average molecular weight is 235 g/mol. The number of carboxylic acid groups (broad SMARTS) is 1. The van der Waals surface area contributed by atoms with Crippen molar-refractivity contribution in [1.29, 1.82) is 0 Å². The van der Waals surface area contributed by atoms with Crippen LogP contribution in [0, 0.1) is 0 Å². The van der Waals surface area contributed by atoms with Gasteiger partial charge in [0.1, 0.15) is 5.75 Å². The van der Waals surface area contributed by atoms with Crippen molar-refractivity contribution in [2.45, 2.75) is 19.4 Å². The Morgan fingerprint density at radius 3 is 2.82 bits per heavy atom. The van der Waals surface area contributed by atoms with Gasteiger partial charge in [-0.2, -0.15) is 0 Å². The van der Waals surface area contributed by atoms with Gasteiger partial charge >= 0.3 is 5.97 Å². The lowest BCUT2D eigenvalue weighted by Crippen LogP contribution is -2.46. The van der Waals surface area contributed by atoms with Crippen molar-refractivity contribution in [3.05, 3.63) is 24.3 Å². The molecule has 1 aliphatic heterocycles. The Hall–Kier alpha value is -2.04. The third-order valence-corrected chi connectivity index (χ3v) is 2.65. The number of carboxylic acids is 1. The summed E-state index contributed by atoms with van der Waals surface area (Å²) in [6, 6.07) is 6.96. The predicted molar refractivity (Wildman–Crippen MR) is 61.1 cm³/mol. The first-order valence-electron chi connectivity index (χ1n) is 5.42. The highest BCUT2D eigenvalue weighted by Gasteiger charge is 2.32. The molecule has 0 radical (unpaired) electrons. The number of para-hydroxylation sites is 2. The van der Waals surface area contributed by atoms with Gasteiger partial charge in [-0.3, -0.25) is 4.79 Å². The van der Waals surface area contributed by atoms with Gasteiger partial charge in [0.2, 0.25) is 12.0 Å². The minimum absolute atomic E-state index is 0.0546. The molecule has 1 aliphatic rings. The number of amides is 1. The van der Waals surface area contributed by atoms with Crippen molar-refractivity contribution < 1.29 is 19.4 Å². The normalized spacial score (nSPS) is 18.2. The molecule has 5 heteroatoms. The molecule has 0 aliphatic carbocycles. The maximum atomic E-state index is 11.8. The number of ether oxygens (including phenoxy) is 1. The topological polar surface area (TPSA) is 66.8 Å². The van der Waals surface area contributed by atoms with E-state index in [0.717, 1.165) is 0 Å². The van der Waals surface area contributed by atoms with E-state index in [4.69, 9.17) is 9.84 Å². The molecule has 90 valence electrons. The number of carbonyl (C=O) groups excluding carboxylic acids is 1. The van der Waals surface area contributed by atoms with E-state index in [2.05, 4.69) is 0 Å². The van der Waals surface area contributed by atoms with E-state index in [0.29, 0.717) is 17.9 Å². The minimum Gasteiger partial charge on any atom is -0.478 e. The quantitative estimate of drug-likeness (QED) is 0.838. The average Bonchev–Trinajstić information content (AvgIpc) is 2.36. The molecule has 1 aromatic rings. The van der Waals surface area contributed by atoms with Crippen LogP contribution >= 0.6 is 0 Å². The molecule has 0 saturated heterocycles. The number of fused-ring (bicyclic) bond motifs is 1. The largest absolute Gasteiger partial charge is 0.478 e. The number of anilines is 1. The first-order valence-corrected chi connectivity index (χ1v) is 5.42. The maximum absolute atomic E-state index is 11.8. The van der Waals surface area contributed by atoms with Gasteiger partial charge < -0.3 is 14.7 Å². The lowest BCUT2D eigenvalue weighted by atomic mass is 10.1. The van der Waals surface area contributed by atoms with Crippen LogP contribution in [-0.4, -0.2) is 29.6 Å². The highest BCUT2D eigenvalue weighted by Crippen LogP contribution is 2.33. The number of hydrogen-bond acceptors (Lipinski definition) is 3. The van der Waals surface area contributed by atoms with E-state index in [1.165, 1.54) is 4.90 Å². The van der Waals surface area contributed by atoms with Gasteiger partial charge in [0.25, 0.3) is 0 Å².